The van der Waals surface area contributed by atoms with E-state index in [-0.39, 0.29) is 25.5 Å². The molecule has 1 aromatic heterocycles. The molecule has 2 fully saturated rings. The molecule has 168 valence electrons. The van der Waals surface area contributed by atoms with Crippen molar-refractivity contribution >= 4 is 31.3 Å². The molecule has 1 unspecified atom stereocenters. The van der Waals surface area contributed by atoms with Crippen LogP contribution in [0, 0.1) is 11.3 Å². The number of rotatable bonds is 6. The first-order valence-corrected chi connectivity index (χ1v) is 12.0. The van der Waals surface area contributed by atoms with Gasteiger partial charge in [-0.15, -0.1) is 11.8 Å². The summed E-state index contributed by atoms with van der Waals surface area (Å²) in [6, 6.07) is 11.6. The van der Waals surface area contributed by atoms with Gasteiger partial charge in [0.15, 0.2) is 6.17 Å². The topological polar surface area (TPSA) is 133 Å². The number of hydrogen-bond acceptors (Lipinski definition) is 9. The van der Waals surface area contributed by atoms with Gasteiger partial charge in [-0.1, -0.05) is 18.2 Å². The molecule has 13 heteroatoms. The normalized spacial score (nSPS) is 29.1. The van der Waals surface area contributed by atoms with Crippen molar-refractivity contribution in [2.24, 2.45) is 0 Å². The number of carbonyl (C=O) groups excluding carboxylic acids is 1. The third-order valence-corrected chi connectivity index (χ3v) is 7.75. The second-order valence-corrected chi connectivity index (χ2v) is 9.87. The largest absolute Gasteiger partial charge is 0.475 e. The maximum absolute atomic E-state index is 15.2. The molecule has 5 atom stereocenters. The summed E-state index contributed by atoms with van der Waals surface area (Å²) >= 11 is 1.10. The minimum absolute atomic E-state index is 0.0184. The number of hydrogen-bond donors (Lipinski definition) is 1. The molecule has 0 spiro atoms. The number of phosphoric ester groups is 1. The van der Waals surface area contributed by atoms with Crippen molar-refractivity contribution < 1.29 is 27.3 Å². The molecular formula is C19H18FN4O6PS. The first kappa shape index (κ1) is 22.6. The highest BCUT2D eigenvalue weighted by Crippen LogP contribution is 2.60. The maximum Gasteiger partial charge on any atom is 0.475 e. The molecular weight excluding hydrogens is 462 g/mol. The van der Waals surface area contributed by atoms with Gasteiger partial charge in [-0.2, -0.15) is 10.2 Å². The monoisotopic (exact) mass is 480 g/mol. The van der Waals surface area contributed by atoms with Crippen molar-refractivity contribution in [1.29, 1.82) is 5.26 Å². The lowest BCUT2D eigenvalue weighted by Gasteiger charge is -2.30. The van der Waals surface area contributed by atoms with Gasteiger partial charge in [0.1, 0.15) is 17.3 Å². The summed E-state index contributed by atoms with van der Waals surface area (Å²) in [6.07, 6.45) is -1.49. The second kappa shape index (κ2) is 9.52. The van der Waals surface area contributed by atoms with Gasteiger partial charge in [-0.05, 0) is 18.2 Å². The summed E-state index contributed by atoms with van der Waals surface area (Å²) in [5.41, 5.74) is -0.361. The number of thioether (sulfide) groups is 1. The Bertz CT molecular complexity index is 1140. The molecule has 3 heterocycles. The summed E-state index contributed by atoms with van der Waals surface area (Å²) in [6.45, 7) is -0.262. The number of nitriles is 1. The van der Waals surface area contributed by atoms with Gasteiger partial charge in [-0.25, -0.2) is 13.8 Å². The van der Waals surface area contributed by atoms with E-state index in [1.54, 1.807) is 30.3 Å². The van der Waals surface area contributed by atoms with E-state index in [0.717, 1.165) is 16.3 Å². The highest BCUT2D eigenvalue weighted by Gasteiger charge is 2.54. The number of benzene rings is 1. The molecule has 10 nitrogen and oxygen atoms in total. The van der Waals surface area contributed by atoms with E-state index >= 15 is 4.39 Å². The molecule has 2 aliphatic rings. The number of alkyl halides is 1. The number of carbonyl (C=O) groups is 1. The molecule has 0 bridgehead atoms. The first-order chi connectivity index (χ1) is 15.4. The van der Waals surface area contributed by atoms with Crippen LogP contribution in [0.5, 0.6) is 0 Å². The SMILES string of the molecule is N#CCCOP1(=O)OC[C@H]2S[C@@H](n3ccc(NC(=O)c4ccccc4)nc3=O)[C@@H](F)[C@@H]2O1. The average molecular weight is 480 g/mol. The second-order valence-electron chi connectivity index (χ2n) is 6.89. The van der Waals surface area contributed by atoms with E-state index in [4.69, 9.17) is 18.8 Å². The molecule has 4 rings (SSSR count). The van der Waals surface area contributed by atoms with E-state index in [1.165, 1.54) is 12.3 Å². The molecule has 1 aromatic carbocycles. The van der Waals surface area contributed by atoms with Crippen LogP contribution in [0.3, 0.4) is 0 Å². The average Bonchev–Trinajstić information content (AvgIpc) is 3.10. The highest BCUT2D eigenvalue weighted by atomic mass is 32.2. The fourth-order valence-electron chi connectivity index (χ4n) is 3.25. The number of fused-ring (bicyclic) bond motifs is 1. The van der Waals surface area contributed by atoms with Gasteiger partial charge in [-0.3, -0.25) is 22.9 Å². The van der Waals surface area contributed by atoms with Crippen LogP contribution in [-0.2, 0) is 18.1 Å². The summed E-state index contributed by atoms with van der Waals surface area (Å²) in [4.78, 5) is 28.6. The molecule has 0 saturated carbocycles. The highest BCUT2D eigenvalue weighted by molar-refractivity contribution is 8.00. The number of halogens is 1. The fourth-order valence-corrected chi connectivity index (χ4v) is 6.31. The van der Waals surface area contributed by atoms with Gasteiger partial charge < -0.3 is 5.32 Å². The van der Waals surface area contributed by atoms with Crippen LogP contribution in [0.4, 0.5) is 10.2 Å². The standard InChI is InChI=1S/C19H18FN4O6PS/c20-15-16-13(11-29-31(27,30-16)28-10-4-8-21)32-18(15)24-9-7-14(23-19(24)26)22-17(25)12-5-2-1-3-6-12/h1-3,5-7,9,13,15-16,18H,4,10-11H2,(H,22,23,25,26)/t13-,15+,16-,18-,31?/m1/s1. The van der Waals surface area contributed by atoms with Crippen LogP contribution in [0.15, 0.2) is 47.4 Å². The molecule has 1 N–H and O–H groups in total. The molecule has 0 radical (unpaired) electrons. The lowest BCUT2D eigenvalue weighted by atomic mass is 10.1. The van der Waals surface area contributed by atoms with Gasteiger partial charge in [0.2, 0.25) is 0 Å². The third kappa shape index (κ3) is 4.77. The zero-order valence-electron chi connectivity index (χ0n) is 16.5. The van der Waals surface area contributed by atoms with Crippen molar-refractivity contribution in [2.45, 2.75) is 29.3 Å². The van der Waals surface area contributed by atoms with Crippen LogP contribution in [0.2, 0.25) is 0 Å². The summed E-state index contributed by atoms with van der Waals surface area (Å²) in [5, 5.41) is 9.59. The number of anilines is 1. The molecule has 32 heavy (non-hydrogen) atoms. The van der Waals surface area contributed by atoms with Gasteiger partial charge in [0.25, 0.3) is 5.91 Å². The Kier molecular flexibility index (Phi) is 6.74. The number of aromatic nitrogens is 2. The van der Waals surface area contributed by atoms with E-state index in [9.17, 15) is 14.2 Å². The predicted octanol–water partition coefficient (Wildman–Crippen LogP) is 2.90. The van der Waals surface area contributed by atoms with Crippen molar-refractivity contribution in [3.05, 3.63) is 58.6 Å². The van der Waals surface area contributed by atoms with Crippen molar-refractivity contribution in [2.75, 3.05) is 18.5 Å². The van der Waals surface area contributed by atoms with E-state index in [1.807, 2.05) is 6.07 Å². The molecule has 0 aliphatic carbocycles. The number of phosphoric acid groups is 1. The van der Waals surface area contributed by atoms with E-state index < -0.39 is 42.3 Å². The number of nitrogens with zero attached hydrogens (tertiary/aromatic N) is 3. The lowest BCUT2D eigenvalue weighted by molar-refractivity contribution is 0.00123. The zero-order chi connectivity index (χ0) is 22.7. The Morgan fingerprint density at radius 1 is 1.41 bits per heavy atom. The van der Waals surface area contributed by atoms with Crippen LogP contribution in [0.25, 0.3) is 0 Å². The first-order valence-electron chi connectivity index (χ1n) is 9.60. The van der Waals surface area contributed by atoms with Crippen LogP contribution in [-0.4, -0.2) is 46.2 Å². The van der Waals surface area contributed by atoms with Crippen molar-refractivity contribution in [3.63, 3.8) is 0 Å². The molecule has 2 saturated heterocycles. The smallest absolute Gasteiger partial charge is 0.306 e. The van der Waals surface area contributed by atoms with Crippen LogP contribution < -0.4 is 11.0 Å². The summed E-state index contributed by atoms with van der Waals surface area (Å²) < 4.78 is 44.2. The Labute approximate surface area is 186 Å². The Morgan fingerprint density at radius 2 is 2.19 bits per heavy atom. The van der Waals surface area contributed by atoms with Gasteiger partial charge in [0.05, 0.1) is 31.0 Å². The van der Waals surface area contributed by atoms with Crippen LogP contribution >= 0.6 is 19.6 Å². The zero-order valence-corrected chi connectivity index (χ0v) is 18.2. The minimum Gasteiger partial charge on any atom is -0.306 e. The van der Waals surface area contributed by atoms with Crippen molar-refractivity contribution in [3.8, 4) is 6.07 Å². The molecule has 2 aromatic rings. The van der Waals surface area contributed by atoms with E-state index in [2.05, 4.69) is 10.3 Å². The molecule has 1 amide bonds. The predicted molar refractivity (Wildman–Crippen MR) is 113 cm³/mol. The quantitative estimate of drug-likeness (QED) is 0.489. The molecule has 2 aliphatic heterocycles. The maximum atomic E-state index is 15.2. The Balaban J connectivity index is 1.45. The number of amides is 1. The van der Waals surface area contributed by atoms with Crippen LogP contribution in [0.1, 0.15) is 22.2 Å². The Hall–Kier alpha value is -2.55. The van der Waals surface area contributed by atoms with E-state index in [0.29, 0.717) is 5.56 Å². The summed E-state index contributed by atoms with van der Waals surface area (Å²) in [5.74, 6) is -0.400. The number of nitrogens with one attached hydrogen (secondary N) is 1. The van der Waals surface area contributed by atoms with Gasteiger partial charge in [0, 0.05) is 11.8 Å². The third-order valence-electron chi connectivity index (χ3n) is 4.76. The Morgan fingerprint density at radius 3 is 2.91 bits per heavy atom. The fraction of sp³-hybridized carbons (Fsp3) is 0.368. The van der Waals surface area contributed by atoms with Crippen molar-refractivity contribution in [1.82, 2.24) is 9.55 Å². The summed E-state index contributed by atoms with van der Waals surface area (Å²) in [7, 11) is -3.99. The lowest BCUT2D eigenvalue weighted by Crippen LogP contribution is -2.38. The minimum atomic E-state index is -3.99. The van der Waals surface area contributed by atoms with Gasteiger partial charge >= 0.3 is 13.5 Å².